The predicted molar refractivity (Wildman–Crippen MR) is 73.4 cm³/mol. The minimum absolute atomic E-state index is 0.244. The molecule has 0 aliphatic heterocycles. The fraction of sp³-hybridized carbons (Fsp3) is 0.462. The third-order valence-electron chi connectivity index (χ3n) is 3.42. The van der Waals surface area contributed by atoms with Crippen molar-refractivity contribution in [2.24, 2.45) is 0 Å². The lowest BCUT2D eigenvalue weighted by Gasteiger charge is -2.20. The fourth-order valence-electron chi connectivity index (χ4n) is 2.21. The molecule has 1 aliphatic carbocycles. The van der Waals surface area contributed by atoms with Gasteiger partial charge in [0, 0.05) is 37.2 Å². The Hall–Kier alpha value is -2.53. The monoisotopic (exact) mass is 290 g/mol. The van der Waals surface area contributed by atoms with Gasteiger partial charge in [0.2, 0.25) is 0 Å². The van der Waals surface area contributed by atoms with Gasteiger partial charge in [0.05, 0.1) is 22.0 Å². The second-order valence-corrected chi connectivity index (χ2v) is 4.94. The van der Waals surface area contributed by atoms with E-state index in [2.05, 4.69) is 6.07 Å². The summed E-state index contributed by atoms with van der Waals surface area (Å²) in [5, 5.41) is 30.5. The minimum Gasteiger partial charge on any atom is -0.295 e. The van der Waals surface area contributed by atoms with Gasteiger partial charge in [-0.3, -0.25) is 25.1 Å². The van der Waals surface area contributed by atoms with Crippen LogP contribution in [0.5, 0.6) is 0 Å². The lowest BCUT2D eigenvalue weighted by Crippen LogP contribution is -2.26. The molecule has 1 aromatic rings. The Kier molecular flexibility index (Phi) is 4.45. The number of hydrogen-bond donors (Lipinski definition) is 0. The molecule has 8 heteroatoms. The Morgan fingerprint density at radius 3 is 2.52 bits per heavy atom. The molecule has 0 N–H and O–H groups in total. The maximum atomic E-state index is 11.1. The van der Waals surface area contributed by atoms with Gasteiger partial charge in [-0.1, -0.05) is 0 Å². The largest absolute Gasteiger partial charge is 0.295 e. The minimum atomic E-state index is -0.648. The molecule has 0 amide bonds. The summed E-state index contributed by atoms with van der Waals surface area (Å²) in [6.45, 7) is 0.885. The Labute approximate surface area is 120 Å². The van der Waals surface area contributed by atoms with Gasteiger partial charge in [-0.2, -0.15) is 5.26 Å². The second-order valence-electron chi connectivity index (χ2n) is 4.94. The summed E-state index contributed by atoms with van der Waals surface area (Å²) in [6.07, 6.45) is 2.40. The molecule has 0 aromatic heterocycles. The SMILES string of the molecule is N#CCCN(Cc1ccc([N+](=O)[O-])cc1[N+](=O)[O-])C1CC1. The summed E-state index contributed by atoms with van der Waals surface area (Å²) in [5.74, 6) is 0. The van der Waals surface area contributed by atoms with Crippen LogP contribution in [-0.4, -0.2) is 27.3 Å². The third kappa shape index (κ3) is 3.73. The van der Waals surface area contributed by atoms with E-state index in [0.717, 1.165) is 18.9 Å². The summed E-state index contributed by atoms with van der Waals surface area (Å²) in [4.78, 5) is 22.6. The van der Waals surface area contributed by atoms with Crippen LogP contribution in [0.2, 0.25) is 0 Å². The molecular formula is C13H14N4O4. The van der Waals surface area contributed by atoms with Crippen LogP contribution in [0.3, 0.4) is 0 Å². The summed E-state index contributed by atoms with van der Waals surface area (Å²) >= 11 is 0. The number of nitrogens with zero attached hydrogens (tertiary/aromatic N) is 4. The van der Waals surface area contributed by atoms with E-state index in [4.69, 9.17) is 5.26 Å². The molecule has 110 valence electrons. The highest BCUT2D eigenvalue weighted by molar-refractivity contribution is 5.49. The predicted octanol–water partition coefficient (Wildman–Crippen LogP) is 2.38. The topological polar surface area (TPSA) is 113 Å². The molecule has 0 unspecified atom stereocenters. The van der Waals surface area contributed by atoms with Gasteiger partial charge < -0.3 is 0 Å². The van der Waals surface area contributed by atoms with Crippen LogP contribution in [0.25, 0.3) is 0 Å². The highest BCUT2D eigenvalue weighted by Crippen LogP contribution is 2.31. The Morgan fingerprint density at radius 1 is 1.29 bits per heavy atom. The van der Waals surface area contributed by atoms with Crippen molar-refractivity contribution in [1.82, 2.24) is 4.90 Å². The van der Waals surface area contributed by atoms with Crippen LogP contribution in [0.1, 0.15) is 24.8 Å². The lowest BCUT2D eigenvalue weighted by atomic mass is 10.1. The van der Waals surface area contributed by atoms with E-state index < -0.39 is 9.85 Å². The Bertz CT molecular complexity index is 607. The van der Waals surface area contributed by atoms with Crippen molar-refractivity contribution < 1.29 is 9.85 Å². The van der Waals surface area contributed by atoms with Gasteiger partial charge in [0.15, 0.2) is 0 Å². The number of benzene rings is 1. The van der Waals surface area contributed by atoms with E-state index >= 15 is 0 Å². The van der Waals surface area contributed by atoms with E-state index in [9.17, 15) is 20.2 Å². The zero-order valence-corrected chi connectivity index (χ0v) is 11.3. The quantitative estimate of drug-likeness (QED) is 0.562. The first kappa shape index (κ1) is 14.9. The van der Waals surface area contributed by atoms with Crippen LogP contribution in [0.4, 0.5) is 11.4 Å². The van der Waals surface area contributed by atoms with Crippen molar-refractivity contribution in [3.05, 3.63) is 44.0 Å². The fourth-order valence-corrected chi connectivity index (χ4v) is 2.21. The molecule has 1 saturated carbocycles. The lowest BCUT2D eigenvalue weighted by molar-refractivity contribution is -0.394. The zero-order valence-electron chi connectivity index (χ0n) is 11.3. The van der Waals surface area contributed by atoms with Crippen molar-refractivity contribution in [1.29, 1.82) is 5.26 Å². The van der Waals surface area contributed by atoms with Crippen LogP contribution in [0, 0.1) is 31.6 Å². The summed E-state index contributed by atoms with van der Waals surface area (Å²) < 4.78 is 0. The van der Waals surface area contributed by atoms with Gasteiger partial charge in [0.1, 0.15) is 0 Å². The molecule has 1 fully saturated rings. The maximum absolute atomic E-state index is 11.1. The molecule has 0 bridgehead atoms. The molecular weight excluding hydrogens is 276 g/mol. The van der Waals surface area contributed by atoms with Gasteiger partial charge in [-0.15, -0.1) is 0 Å². The van der Waals surface area contributed by atoms with Crippen molar-refractivity contribution in [3.63, 3.8) is 0 Å². The first-order valence-corrected chi connectivity index (χ1v) is 6.55. The molecule has 0 atom stereocenters. The van der Waals surface area contributed by atoms with E-state index in [1.807, 2.05) is 4.90 Å². The number of nitriles is 1. The van der Waals surface area contributed by atoms with E-state index in [1.165, 1.54) is 12.1 Å². The van der Waals surface area contributed by atoms with Crippen LogP contribution in [0.15, 0.2) is 18.2 Å². The van der Waals surface area contributed by atoms with Crippen molar-refractivity contribution in [2.45, 2.75) is 31.8 Å². The summed E-state index contributed by atoms with van der Waals surface area (Å²) in [7, 11) is 0. The normalized spacial score (nSPS) is 13.9. The first-order valence-electron chi connectivity index (χ1n) is 6.55. The van der Waals surface area contributed by atoms with Gasteiger partial charge >= 0.3 is 0 Å². The maximum Gasteiger partial charge on any atom is 0.280 e. The molecule has 0 radical (unpaired) electrons. The summed E-state index contributed by atoms with van der Waals surface area (Å²) in [5.41, 5.74) is -0.0947. The molecule has 1 aromatic carbocycles. The van der Waals surface area contributed by atoms with Crippen molar-refractivity contribution >= 4 is 11.4 Å². The van der Waals surface area contributed by atoms with E-state index in [0.29, 0.717) is 31.1 Å². The Morgan fingerprint density at radius 2 is 2.00 bits per heavy atom. The number of nitro groups is 2. The molecule has 0 saturated heterocycles. The molecule has 1 aliphatic rings. The van der Waals surface area contributed by atoms with Gasteiger partial charge in [0.25, 0.3) is 11.4 Å². The van der Waals surface area contributed by atoms with Crippen LogP contribution < -0.4 is 0 Å². The third-order valence-corrected chi connectivity index (χ3v) is 3.42. The molecule has 8 nitrogen and oxygen atoms in total. The smallest absolute Gasteiger partial charge is 0.280 e. The number of rotatable bonds is 7. The highest BCUT2D eigenvalue weighted by atomic mass is 16.6. The van der Waals surface area contributed by atoms with Crippen LogP contribution >= 0.6 is 0 Å². The number of hydrogen-bond acceptors (Lipinski definition) is 6. The molecule has 21 heavy (non-hydrogen) atoms. The first-order chi connectivity index (χ1) is 10.0. The second kappa shape index (κ2) is 6.28. The van der Waals surface area contributed by atoms with E-state index in [-0.39, 0.29) is 11.4 Å². The standard InChI is InChI=1S/C13H14N4O4/c14-6-1-7-15(11-4-5-11)9-10-2-3-12(16(18)19)8-13(10)17(20)21/h2-3,8,11H,1,4-5,7,9H2. The number of non-ortho nitro benzene ring substituents is 1. The number of nitro benzene ring substituents is 2. The van der Waals surface area contributed by atoms with Gasteiger partial charge in [-0.25, -0.2) is 0 Å². The average Bonchev–Trinajstić information content (AvgIpc) is 3.27. The zero-order chi connectivity index (χ0) is 15.4. The van der Waals surface area contributed by atoms with Crippen LogP contribution in [-0.2, 0) is 6.54 Å². The molecule has 2 rings (SSSR count). The van der Waals surface area contributed by atoms with E-state index in [1.54, 1.807) is 0 Å². The average molecular weight is 290 g/mol. The molecule has 0 spiro atoms. The highest BCUT2D eigenvalue weighted by Gasteiger charge is 2.30. The van der Waals surface area contributed by atoms with Crippen molar-refractivity contribution in [2.75, 3.05) is 6.54 Å². The summed E-state index contributed by atoms with van der Waals surface area (Å²) in [6, 6.07) is 6.11. The molecule has 0 heterocycles. The Balaban J connectivity index is 2.23. The van der Waals surface area contributed by atoms with Crippen molar-refractivity contribution in [3.8, 4) is 6.07 Å². The van der Waals surface area contributed by atoms with Gasteiger partial charge in [-0.05, 0) is 18.9 Å².